The van der Waals surface area contributed by atoms with Crippen LogP contribution in [0, 0.1) is 11.3 Å². The lowest BCUT2D eigenvalue weighted by atomic mass is 9.62. The molecule has 1 aliphatic rings. The van der Waals surface area contributed by atoms with Gasteiger partial charge in [-0.2, -0.15) is 17.0 Å². The Morgan fingerprint density at radius 1 is 1.32 bits per heavy atom. The van der Waals surface area contributed by atoms with E-state index < -0.39 is 0 Å². The zero-order valence-corrected chi connectivity index (χ0v) is 12.4. The second-order valence-corrected chi connectivity index (χ2v) is 6.30. The lowest BCUT2D eigenvalue weighted by molar-refractivity contribution is 0.227. The van der Waals surface area contributed by atoms with Gasteiger partial charge in [0.25, 0.3) is 0 Å². The SMILES string of the molecule is CSCCCCNC1CC(C#N)(c2ccccc2)C1. The molecule has 1 saturated carbocycles. The number of nitrogens with zero attached hydrogens (tertiary/aromatic N) is 1. The summed E-state index contributed by atoms with van der Waals surface area (Å²) in [6, 6.07) is 13.3. The van der Waals surface area contributed by atoms with Crippen molar-refractivity contribution in [3.63, 3.8) is 0 Å². The molecule has 2 nitrogen and oxygen atoms in total. The van der Waals surface area contributed by atoms with E-state index in [4.69, 9.17) is 0 Å². The minimum atomic E-state index is -0.238. The van der Waals surface area contributed by atoms with Crippen molar-refractivity contribution in [2.75, 3.05) is 18.6 Å². The number of nitrogens with one attached hydrogen (secondary N) is 1. The highest BCUT2D eigenvalue weighted by Gasteiger charge is 2.45. The highest BCUT2D eigenvalue weighted by molar-refractivity contribution is 7.98. The molecular weight excluding hydrogens is 252 g/mol. The summed E-state index contributed by atoms with van der Waals surface area (Å²) in [6.45, 7) is 1.08. The minimum absolute atomic E-state index is 0.238. The fourth-order valence-corrected chi connectivity index (χ4v) is 3.24. The molecule has 3 heteroatoms. The van der Waals surface area contributed by atoms with Crippen LogP contribution in [-0.4, -0.2) is 24.6 Å². The topological polar surface area (TPSA) is 35.8 Å². The fourth-order valence-electron chi connectivity index (χ4n) is 2.75. The van der Waals surface area contributed by atoms with Crippen molar-refractivity contribution in [1.29, 1.82) is 5.26 Å². The molecule has 102 valence electrons. The van der Waals surface area contributed by atoms with Gasteiger partial charge < -0.3 is 5.32 Å². The van der Waals surface area contributed by atoms with E-state index in [-0.39, 0.29) is 5.41 Å². The third kappa shape index (κ3) is 3.52. The van der Waals surface area contributed by atoms with E-state index in [1.54, 1.807) is 0 Å². The number of unbranched alkanes of at least 4 members (excludes halogenated alkanes) is 1. The zero-order valence-electron chi connectivity index (χ0n) is 11.6. The standard InChI is InChI=1S/C16H22N2S/c1-19-10-6-5-9-18-15-11-16(12-15,13-17)14-7-3-2-4-8-14/h2-4,7-8,15,18H,5-6,9-12H2,1H3. The second kappa shape index (κ2) is 6.98. The molecule has 0 amide bonds. The third-order valence-electron chi connectivity index (χ3n) is 3.94. The van der Waals surface area contributed by atoms with Crippen LogP contribution in [0.25, 0.3) is 0 Å². The fraction of sp³-hybridized carbons (Fsp3) is 0.562. The highest BCUT2D eigenvalue weighted by atomic mass is 32.2. The molecule has 0 aromatic heterocycles. The van der Waals surface area contributed by atoms with Gasteiger partial charge in [-0.25, -0.2) is 0 Å². The summed E-state index contributed by atoms with van der Waals surface area (Å²) in [5, 5.41) is 13.0. The molecule has 0 saturated heterocycles. The van der Waals surface area contributed by atoms with Crippen LogP contribution in [0.3, 0.4) is 0 Å². The van der Waals surface area contributed by atoms with Gasteiger partial charge in [0.1, 0.15) is 0 Å². The normalized spacial score (nSPS) is 25.6. The Labute approximate surface area is 120 Å². The molecule has 1 aliphatic carbocycles. The van der Waals surface area contributed by atoms with Crippen LogP contribution < -0.4 is 5.32 Å². The number of nitriles is 1. The van der Waals surface area contributed by atoms with Gasteiger partial charge in [-0.15, -0.1) is 0 Å². The van der Waals surface area contributed by atoms with Crippen molar-refractivity contribution in [3.8, 4) is 6.07 Å². The van der Waals surface area contributed by atoms with E-state index in [1.807, 2.05) is 30.0 Å². The Balaban J connectivity index is 1.76. The molecule has 0 spiro atoms. The first-order valence-corrected chi connectivity index (χ1v) is 8.39. The molecule has 19 heavy (non-hydrogen) atoms. The van der Waals surface area contributed by atoms with E-state index in [9.17, 15) is 5.26 Å². The van der Waals surface area contributed by atoms with E-state index in [0.29, 0.717) is 6.04 Å². The lowest BCUT2D eigenvalue weighted by Crippen LogP contribution is -2.51. The molecule has 0 aliphatic heterocycles. The summed E-state index contributed by atoms with van der Waals surface area (Å²) in [7, 11) is 0. The lowest BCUT2D eigenvalue weighted by Gasteiger charge is -2.43. The third-order valence-corrected chi connectivity index (χ3v) is 4.64. The average Bonchev–Trinajstić information content (AvgIpc) is 2.42. The molecule has 0 radical (unpaired) electrons. The van der Waals surface area contributed by atoms with Gasteiger partial charge in [-0.3, -0.25) is 0 Å². The van der Waals surface area contributed by atoms with Crippen molar-refractivity contribution in [3.05, 3.63) is 35.9 Å². The van der Waals surface area contributed by atoms with Gasteiger partial charge in [0, 0.05) is 6.04 Å². The van der Waals surface area contributed by atoms with E-state index in [0.717, 1.165) is 19.4 Å². The monoisotopic (exact) mass is 274 g/mol. The minimum Gasteiger partial charge on any atom is -0.314 e. The Morgan fingerprint density at radius 2 is 2.05 bits per heavy atom. The second-order valence-electron chi connectivity index (χ2n) is 5.32. The summed E-state index contributed by atoms with van der Waals surface area (Å²) in [5.74, 6) is 1.25. The highest BCUT2D eigenvalue weighted by Crippen LogP contribution is 2.43. The molecule has 1 aromatic rings. The molecule has 0 atom stereocenters. The van der Waals surface area contributed by atoms with Crippen molar-refractivity contribution in [1.82, 2.24) is 5.32 Å². The predicted molar refractivity (Wildman–Crippen MR) is 82.4 cm³/mol. The van der Waals surface area contributed by atoms with Crippen LogP contribution in [0.1, 0.15) is 31.2 Å². The summed E-state index contributed by atoms with van der Waals surface area (Å²) in [6.07, 6.45) is 6.58. The van der Waals surface area contributed by atoms with Crippen LogP contribution >= 0.6 is 11.8 Å². The van der Waals surface area contributed by atoms with Gasteiger partial charge in [0.05, 0.1) is 11.5 Å². The Morgan fingerprint density at radius 3 is 2.68 bits per heavy atom. The number of thioether (sulfide) groups is 1. The summed E-state index contributed by atoms with van der Waals surface area (Å²) in [5.41, 5.74) is 0.941. The van der Waals surface area contributed by atoms with Gasteiger partial charge >= 0.3 is 0 Å². The largest absolute Gasteiger partial charge is 0.314 e. The zero-order chi connectivity index (χ0) is 13.6. The van der Waals surface area contributed by atoms with E-state index in [1.165, 1.54) is 24.2 Å². The Kier molecular flexibility index (Phi) is 5.30. The smallest absolute Gasteiger partial charge is 0.0852 e. The van der Waals surface area contributed by atoms with Crippen LogP contribution in [0.4, 0.5) is 0 Å². The van der Waals surface area contributed by atoms with Crippen LogP contribution in [-0.2, 0) is 5.41 Å². The van der Waals surface area contributed by atoms with Crippen molar-refractivity contribution in [2.45, 2.75) is 37.1 Å². The maximum atomic E-state index is 9.47. The number of rotatable bonds is 7. The van der Waals surface area contributed by atoms with Crippen molar-refractivity contribution < 1.29 is 0 Å². The Hall–Kier alpha value is -0.980. The summed E-state index contributed by atoms with van der Waals surface area (Å²) in [4.78, 5) is 0. The first-order valence-electron chi connectivity index (χ1n) is 7.00. The summed E-state index contributed by atoms with van der Waals surface area (Å²) < 4.78 is 0. The molecule has 1 aromatic carbocycles. The van der Waals surface area contributed by atoms with Gasteiger partial charge in [0.15, 0.2) is 0 Å². The first-order chi connectivity index (χ1) is 9.30. The van der Waals surface area contributed by atoms with Crippen molar-refractivity contribution in [2.24, 2.45) is 0 Å². The van der Waals surface area contributed by atoms with Crippen molar-refractivity contribution >= 4 is 11.8 Å². The van der Waals surface area contributed by atoms with Crippen LogP contribution in [0.5, 0.6) is 0 Å². The van der Waals surface area contributed by atoms with Gasteiger partial charge in [0.2, 0.25) is 0 Å². The molecule has 0 unspecified atom stereocenters. The van der Waals surface area contributed by atoms with E-state index >= 15 is 0 Å². The van der Waals surface area contributed by atoms with Gasteiger partial charge in [-0.1, -0.05) is 30.3 Å². The number of hydrogen-bond acceptors (Lipinski definition) is 3. The van der Waals surface area contributed by atoms with Crippen LogP contribution in [0.15, 0.2) is 30.3 Å². The average molecular weight is 274 g/mol. The Bertz CT molecular complexity index is 418. The molecule has 1 N–H and O–H groups in total. The van der Waals surface area contributed by atoms with E-state index in [2.05, 4.69) is 29.8 Å². The maximum Gasteiger partial charge on any atom is 0.0852 e. The summed E-state index contributed by atoms with van der Waals surface area (Å²) >= 11 is 1.91. The number of hydrogen-bond donors (Lipinski definition) is 1. The molecule has 2 rings (SSSR count). The molecule has 0 heterocycles. The first kappa shape index (κ1) is 14.4. The molecule has 0 bridgehead atoms. The quantitative estimate of drug-likeness (QED) is 0.775. The molecular formula is C16H22N2S. The van der Waals surface area contributed by atoms with Crippen LogP contribution in [0.2, 0.25) is 0 Å². The maximum absolute atomic E-state index is 9.47. The number of benzene rings is 1. The predicted octanol–water partition coefficient (Wildman–Crippen LogP) is 3.34. The molecule has 1 fully saturated rings. The van der Waals surface area contributed by atoms with Gasteiger partial charge in [-0.05, 0) is 49.8 Å².